The quantitative estimate of drug-likeness (QED) is 0.388. The summed E-state index contributed by atoms with van der Waals surface area (Å²) in [6, 6.07) is 21.6. The number of rotatable bonds is 6. The molecule has 0 bridgehead atoms. The van der Waals surface area contributed by atoms with Gasteiger partial charge in [-0.15, -0.1) is 5.10 Å². The van der Waals surface area contributed by atoms with Crippen LogP contribution in [0.4, 0.5) is 11.4 Å². The lowest BCUT2D eigenvalue weighted by Crippen LogP contribution is -2.28. The highest BCUT2D eigenvalue weighted by atomic mass is 32.2. The monoisotopic (exact) mass is 473 g/mol. The fraction of sp³-hybridized carbons (Fsp3) is 0.200. The Hall–Kier alpha value is -3.85. The van der Waals surface area contributed by atoms with Gasteiger partial charge < -0.3 is 9.47 Å². The normalized spacial score (nSPS) is 12.5. The van der Waals surface area contributed by atoms with Crippen LogP contribution < -0.4 is 14.4 Å². The van der Waals surface area contributed by atoms with Gasteiger partial charge in [-0.2, -0.15) is 4.68 Å². The SMILES string of the molecule is COc1ccc(-n2nnnc2SCC(=O)N2c3ccccc3CCc3ccccc32)cc1OC. The average Bonchev–Trinajstić information content (AvgIpc) is 3.29. The molecule has 0 fully saturated rings. The van der Waals surface area contributed by atoms with Gasteiger partial charge in [0, 0.05) is 6.07 Å². The zero-order valence-corrected chi connectivity index (χ0v) is 19.7. The highest BCUT2D eigenvalue weighted by Crippen LogP contribution is 2.37. The number of benzene rings is 3. The van der Waals surface area contributed by atoms with Gasteiger partial charge in [-0.1, -0.05) is 48.2 Å². The number of anilines is 2. The number of para-hydroxylation sites is 2. The molecule has 4 aromatic rings. The van der Waals surface area contributed by atoms with Crippen molar-refractivity contribution >= 4 is 29.0 Å². The van der Waals surface area contributed by atoms with E-state index >= 15 is 0 Å². The molecule has 0 saturated heterocycles. The van der Waals surface area contributed by atoms with Crippen LogP contribution in [0.25, 0.3) is 5.69 Å². The van der Waals surface area contributed by atoms with Crippen LogP contribution in [-0.4, -0.2) is 46.1 Å². The number of nitrogens with zero attached hydrogens (tertiary/aromatic N) is 5. The molecular weight excluding hydrogens is 450 g/mol. The molecule has 1 amide bonds. The van der Waals surface area contributed by atoms with Crippen molar-refractivity contribution in [1.82, 2.24) is 20.2 Å². The Balaban J connectivity index is 1.42. The molecule has 0 unspecified atom stereocenters. The number of thioether (sulfide) groups is 1. The zero-order valence-electron chi connectivity index (χ0n) is 18.8. The topological polar surface area (TPSA) is 82.4 Å². The van der Waals surface area contributed by atoms with Crippen LogP contribution in [0.1, 0.15) is 11.1 Å². The predicted molar refractivity (Wildman–Crippen MR) is 130 cm³/mol. The van der Waals surface area contributed by atoms with Gasteiger partial charge in [0.1, 0.15) is 0 Å². The lowest BCUT2D eigenvalue weighted by Gasteiger charge is -2.24. The summed E-state index contributed by atoms with van der Waals surface area (Å²) in [4.78, 5) is 15.4. The van der Waals surface area contributed by atoms with Crippen LogP contribution in [0.3, 0.4) is 0 Å². The number of ether oxygens (including phenoxy) is 2. The third-order valence-corrected chi connectivity index (χ3v) is 6.66. The second-order valence-corrected chi connectivity index (χ2v) is 8.63. The van der Waals surface area contributed by atoms with Gasteiger partial charge in [0.05, 0.1) is 37.0 Å². The maximum Gasteiger partial charge on any atom is 0.242 e. The molecular formula is C25H23N5O3S. The van der Waals surface area contributed by atoms with Crippen LogP contribution in [0.5, 0.6) is 11.5 Å². The van der Waals surface area contributed by atoms with Crippen molar-refractivity contribution in [3.8, 4) is 17.2 Å². The van der Waals surface area contributed by atoms with E-state index in [1.165, 1.54) is 11.8 Å². The van der Waals surface area contributed by atoms with Crippen molar-refractivity contribution in [2.75, 3.05) is 24.9 Å². The molecule has 0 aliphatic carbocycles. The highest BCUT2D eigenvalue weighted by Gasteiger charge is 2.26. The van der Waals surface area contributed by atoms with Crippen LogP contribution in [0.2, 0.25) is 0 Å². The number of carbonyl (C=O) groups is 1. The molecule has 1 aliphatic heterocycles. The van der Waals surface area contributed by atoms with Crippen molar-refractivity contribution in [2.45, 2.75) is 18.0 Å². The minimum Gasteiger partial charge on any atom is -0.493 e. The van der Waals surface area contributed by atoms with Crippen molar-refractivity contribution in [3.63, 3.8) is 0 Å². The van der Waals surface area contributed by atoms with E-state index in [4.69, 9.17) is 9.47 Å². The molecule has 5 rings (SSSR count). The molecule has 8 nitrogen and oxygen atoms in total. The number of fused-ring (bicyclic) bond motifs is 2. The van der Waals surface area contributed by atoms with Crippen molar-refractivity contribution < 1.29 is 14.3 Å². The Labute approximate surface area is 201 Å². The lowest BCUT2D eigenvalue weighted by molar-refractivity contribution is -0.115. The lowest BCUT2D eigenvalue weighted by atomic mass is 10.0. The van der Waals surface area contributed by atoms with Crippen LogP contribution in [0, 0.1) is 0 Å². The molecule has 2 heterocycles. The summed E-state index contributed by atoms with van der Waals surface area (Å²) < 4.78 is 12.3. The van der Waals surface area contributed by atoms with E-state index in [-0.39, 0.29) is 11.7 Å². The number of carbonyl (C=O) groups excluding carboxylic acids is 1. The molecule has 0 atom stereocenters. The van der Waals surface area contributed by atoms with Gasteiger partial charge in [-0.05, 0) is 58.7 Å². The van der Waals surface area contributed by atoms with Crippen molar-refractivity contribution in [2.24, 2.45) is 0 Å². The number of aromatic nitrogens is 4. The highest BCUT2D eigenvalue weighted by molar-refractivity contribution is 7.99. The minimum atomic E-state index is -0.0336. The zero-order chi connectivity index (χ0) is 23.5. The van der Waals surface area contributed by atoms with E-state index in [1.807, 2.05) is 47.4 Å². The minimum absolute atomic E-state index is 0.0336. The summed E-state index contributed by atoms with van der Waals surface area (Å²) in [5.41, 5.74) is 4.89. The molecule has 0 N–H and O–H groups in total. The molecule has 0 radical (unpaired) electrons. The van der Waals surface area contributed by atoms with Crippen LogP contribution >= 0.6 is 11.8 Å². The van der Waals surface area contributed by atoms with Gasteiger partial charge in [-0.3, -0.25) is 9.69 Å². The molecule has 0 spiro atoms. The Kier molecular flexibility index (Phi) is 6.18. The first-order valence-electron chi connectivity index (χ1n) is 10.8. The van der Waals surface area contributed by atoms with E-state index in [1.54, 1.807) is 31.0 Å². The first-order valence-corrected chi connectivity index (χ1v) is 11.8. The van der Waals surface area contributed by atoms with Crippen molar-refractivity contribution in [1.29, 1.82) is 0 Å². The number of amides is 1. The molecule has 1 aliphatic rings. The number of hydrogen-bond donors (Lipinski definition) is 0. The van der Waals surface area contributed by atoms with Gasteiger partial charge in [0.25, 0.3) is 0 Å². The van der Waals surface area contributed by atoms with Gasteiger partial charge in [0.2, 0.25) is 11.1 Å². The van der Waals surface area contributed by atoms with E-state index < -0.39 is 0 Å². The maximum atomic E-state index is 13.6. The summed E-state index contributed by atoms with van der Waals surface area (Å²) in [5, 5.41) is 12.6. The summed E-state index contributed by atoms with van der Waals surface area (Å²) in [6.07, 6.45) is 1.78. The Morgan fingerprint density at radius 2 is 1.56 bits per heavy atom. The number of methoxy groups -OCH3 is 2. The number of hydrogen-bond acceptors (Lipinski definition) is 7. The smallest absolute Gasteiger partial charge is 0.242 e. The molecule has 0 saturated carbocycles. The second kappa shape index (κ2) is 9.56. The van der Waals surface area contributed by atoms with Crippen LogP contribution in [0.15, 0.2) is 71.9 Å². The summed E-state index contributed by atoms with van der Waals surface area (Å²) >= 11 is 1.29. The predicted octanol–water partition coefficient (Wildman–Crippen LogP) is 4.24. The first-order chi connectivity index (χ1) is 16.7. The fourth-order valence-corrected chi connectivity index (χ4v) is 4.87. The van der Waals surface area contributed by atoms with E-state index in [2.05, 4.69) is 27.7 Å². The van der Waals surface area contributed by atoms with Crippen molar-refractivity contribution in [3.05, 3.63) is 77.9 Å². The van der Waals surface area contributed by atoms with Gasteiger partial charge in [-0.25, -0.2) is 0 Å². The second-order valence-electron chi connectivity index (χ2n) is 7.69. The number of tetrazole rings is 1. The molecule has 9 heteroatoms. The maximum absolute atomic E-state index is 13.6. The van der Waals surface area contributed by atoms with E-state index in [0.717, 1.165) is 35.3 Å². The largest absolute Gasteiger partial charge is 0.493 e. The summed E-state index contributed by atoms with van der Waals surface area (Å²) in [6.45, 7) is 0. The van der Waals surface area contributed by atoms with E-state index in [0.29, 0.717) is 22.3 Å². The summed E-state index contributed by atoms with van der Waals surface area (Å²) in [7, 11) is 3.16. The van der Waals surface area contributed by atoms with Gasteiger partial charge >= 0.3 is 0 Å². The van der Waals surface area contributed by atoms with Crippen LogP contribution in [-0.2, 0) is 17.6 Å². The van der Waals surface area contributed by atoms with E-state index in [9.17, 15) is 4.79 Å². The average molecular weight is 474 g/mol. The third kappa shape index (κ3) is 4.10. The number of aryl methyl sites for hydroxylation is 2. The Morgan fingerprint density at radius 3 is 2.21 bits per heavy atom. The molecule has 3 aromatic carbocycles. The standard InChI is InChI=1S/C25H23N5O3S/c1-32-22-14-13-19(15-23(22)33-2)30-25(26-27-28-30)34-16-24(31)29-20-9-5-3-7-17(20)11-12-18-8-4-6-10-21(18)29/h3-10,13-15H,11-12,16H2,1-2H3. The fourth-order valence-electron chi connectivity index (χ4n) is 4.13. The molecule has 172 valence electrons. The molecule has 34 heavy (non-hydrogen) atoms. The summed E-state index contributed by atoms with van der Waals surface area (Å²) in [5.74, 6) is 1.33. The Bertz CT molecular complexity index is 1290. The van der Waals surface area contributed by atoms with Gasteiger partial charge in [0.15, 0.2) is 11.5 Å². The molecule has 1 aromatic heterocycles. The third-order valence-electron chi connectivity index (χ3n) is 5.76. The first kappa shape index (κ1) is 22.0. The Morgan fingerprint density at radius 1 is 0.912 bits per heavy atom.